The van der Waals surface area contributed by atoms with E-state index in [1.165, 1.54) is 12.1 Å². The number of unbranched alkanes of at least 4 members (excludes halogenated alkanes) is 3. The molecule has 4 heteroatoms. The molecule has 0 aliphatic carbocycles. The van der Waals surface area contributed by atoms with Crippen molar-refractivity contribution in [3.8, 4) is 0 Å². The van der Waals surface area contributed by atoms with Crippen LogP contribution in [-0.4, -0.2) is 30.4 Å². The maximum absolute atomic E-state index is 12.9. The molecule has 1 aliphatic heterocycles. The summed E-state index contributed by atoms with van der Waals surface area (Å²) in [5.74, 6) is 0.600. The minimum atomic E-state index is -0.193. The highest BCUT2D eigenvalue weighted by atomic mass is 19.1. The summed E-state index contributed by atoms with van der Waals surface area (Å²) >= 11 is 0. The zero-order valence-corrected chi connectivity index (χ0v) is 13.3. The number of hydrogen-bond acceptors (Lipinski definition) is 2. The van der Waals surface area contributed by atoms with Gasteiger partial charge in [-0.15, -0.1) is 0 Å². The van der Waals surface area contributed by atoms with E-state index >= 15 is 0 Å². The first-order chi connectivity index (χ1) is 10.7. The van der Waals surface area contributed by atoms with Crippen LogP contribution >= 0.6 is 0 Å². The van der Waals surface area contributed by atoms with Crippen molar-refractivity contribution in [1.82, 2.24) is 4.90 Å². The van der Waals surface area contributed by atoms with Crippen LogP contribution in [0.25, 0.3) is 0 Å². The molecule has 1 atom stereocenters. The molecular weight excluding hydrogens is 279 g/mol. The molecule has 0 bridgehead atoms. The van der Waals surface area contributed by atoms with E-state index in [-0.39, 0.29) is 11.7 Å². The van der Waals surface area contributed by atoms with Crippen molar-refractivity contribution in [1.29, 1.82) is 0 Å². The van der Waals surface area contributed by atoms with Gasteiger partial charge in [0.25, 0.3) is 0 Å². The predicted molar refractivity (Wildman–Crippen MR) is 86.9 cm³/mol. The van der Waals surface area contributed by atoms with Crippen LogP contribution in [0.4, 0.5) is 4.39 Å². The highest BCUT2D eigenvalue weighted by Crippen LogP contribution is 2.22. The Morgan fingerprint density at radius 1 is 1.18 bits per heavy atom. The van der Waals surface area contributed by atoms with Gasteiger partial charge in [-0.2, -0.15) is 0 Å². The number of carbonyl (C=O) groups is 1. The van der Waals surface area contributed by atoms with Gasteiger partial charge in [0, 0.05) is 19.5 Å². The van der Waals surface area contributed by atoms with Crippen LogP contribution in [0.3, 0.4) is 0 Å². The molecule has 1 aromatic rings. The van der Waals surface area contributed by atoms with Gasteiger partial charge in [0.2, 0.25) is 5.91 Å². The molecule has 1 aliphatic rings. The van der Waals surface area contributed by atoms with Gasteiger partial charge in [0.1, 0.15) is 5.82 Å². The van der Waals surface area contributed by atoms with Crippen molar-refractivity contribution in [2.24, 2.45) is 11.7 Å². The normalized spacial score (nSPS) is 17.9. The molecule has 3 nitrogen and oxygen atoms in total. The lowest BCUT2D eigenvalue weighted by Gasteiger charge is -2.16. The van der Waals surface area contributed by atoms with Crippen molar-refractivity contribution in [3.05, 3.63) is 35.6 Å². The van der Waals surface area contributed by atoms with Crippen molar-refractivity contribution in [3.63, 3.8) is 0 Å². The van der Waals surface area contributed by atoms with E-state index in [9.17, 15) is 9.18 Å². The van der Waals surface area contributed by atoms with Gasteiger partial charge < -0.3 is 10.6 Å². The molecule has 0 aromatic heterocycles. The average molecular weight is 306 g/mol. The van der Waals surface area contributed by atoms with E-state index in [4.69, 9.17) is 5.73 Å². The second-order valence-corrected chi connectivity index (χ2v) is 6.28. The number of amides is 1. The van der Waals surface area contributed by atoms with Crippen LogP contribution in [-0.2, 0) is 11.2 Å². The first-order valence-electron chi connectivity index (χ1n) is 8.41. The molecule has 1 aromatic carbocycles. The zero-order valence-electron chi connectivity index (χ0n) is 13.3. The molecule has 1 heterocycles. The number of carbonyl (C=O) groups excluding carboxylic acids is 1. The average Bonchev–Trinajstić information content (AvgIpc) is 2.98. The van der Waals surface area contributed by atoms with Crippen LogP contribution in [0.5, 0.6) is 0 Å². The fourth-order valence-electron chi connectivity index (χ4n) is 3.11. The Morgan fingerprint density at radius 3 is 2.64 bits per heavy atom. The first kappa shape index (κ1) is 16.9. The summed E-state index contributed by atoms with van der Waals surface area (Å²) in [4.78, 5) is 14.2. The van der Waals surface area contributed by atoms with Gasteiger partial charge in [-0.1, -0.05) is 25.0 Å². The quantitative estimate of drug-likeness (QED) is 0.750. The van der Waals surface area contributed by atoms with E-state index in [1.807, 2.05) is 17.0 Å². The van der Waals surface area contributed by atoms with Gasteiger partial charge in [-0.3, -0.25) is 4.79 Å². The summed E-state index contributed by atoms with van der Waals surface area (Å²) < 4.78 is 12.9. The van der Waals surface area contributed by atoms with E-state index in [1.54, 1.807) is 0 Å². The summed E-state index contributed by atoms with van der Waals surface area (Å²) in [6, 6.07) is 6.71. The SMILES string of the molecule is NCCCCCCC(=O)N1CCC(Cc2ccc(F)cc2)C1. The molecule has 122 valence electrons. The number of nitrogens with zero attached hydrogens (tertiary/aromatic N) is 1. The predicted octanol–water partition coefficient (Wildman–Crippen LogP) is 3.13. The second kappa shape index (κ2) is 8.89. The van der Waals surface area contributed by atoms with Crippen molar-refractivity contribution in [2.45, 2.75) is 44.9 Å². The summed E-state index contributed by atoms with van der Waals surface area (Å²) in [5.41, 5.74) is 6.62. The number of hydrogen-bond donors (Lipinski definition) is 1. The van der Waals surface area contributed by atoms with Crippen LogP contribution in [0, 0.1) is 11.7 Å². The minimum absolute atomic E-state index is 0.193. The second-order valence-electron chi connectivity index (χ2n) is 6.28. The molecular formula is C18H27FN2O. The standard InChI is InChI=1S/C18H27FN2O/c19-17-8-6-15(7-9-17)13-16-10-12-21(14-16)18(22)5-3-1-2-4-11-20/h6-9,16H,1-5,10-14,20H2. The van der Waals surface area contributed by atoms with Gasteiger partial charge in [0.15, 0.2) is 0 Å². The molecule has 22 heavy (non-hydrogen) atoms. The number of rotatable bonds is 8. The highest BCUT2D eigenvalue weighted by molar-refractivity contribution is 5.76. The molecule has 0 spiro atoms. The van der Waals surface area contributed by atoms with E-state index in [0.29, 0.717) is 12.3 Å². The van der Waals surface area contributed by atoms with Gasteiger partial charge >= 0.3 is 0 Å². The molecule has 2 rings (SSSR count). The first-order valence-corrected chi connectivity index (χ1v) is 8.41. The largest absolute Gasteiger partial charge is 0.342 e. The maximum atomic E-state index is 12.9. The monoisotopic (exact) mass is 306 g/mol. The summed E-state index contributed by atoms with van der Waals surface area (Å²) in [6.45, 7) is 2.46. The molecule has 1 saturated heterocycles. The number of benzene rings is 1. The maximum Gasteiger partial charge on any atom is 0.222 e. The molecule has 1 unspecified atom stereocenters. The Kier molecular flexibility index (Phi) is 6.84. The zero-order chi connectivity index (χ0) is 15.8. The molecule has 2 N–H and O–H groups in total. The van der Waals surface area contributed by atoms with Crippen molar-refractivity contribution in [2.75, 3.05) is 19.6 Å². The van der Waals surface area contributed by atoms with Gasteiger partial charge in [-0.05, 0) is 55.8 Å². The Labute approximate surface area is 132 Å². The molecule has 1 amide bonds. The lowest BCUT2D eigenvalue weighted by atomic mass is 9.99. The van der Waals surface area contributed by atoms with E-state index < -0.39 is 0 Å². The fourth-order valence-corrected chi connectivity index (χ4v) is 3.11. The lowest BCUT2D eigenvalue weighted by molar-refractivity contribution is -0.130. The minimum Gasteiger partial charge on any atom is -0.342 e. The molecule has 0 radical (unpaired) electrons. The highest BCUT2D eigenvalue weighted by Gasteiger charge is 2.25. The fraction of sp³-hybridized carbons (Fsp3) is 0.611. The van der Waals surface area contributed by atoms with E-state index in [2.05, 4.69) is 0 Å². The van der Waals surface area contributed by atoms with Crippen LogP contribution in [0.1, 0.15) is 44.1 Å². The third kappa shape index (κ3) is 5.41. The Balaban J connectivity index is 1.68. The topological polar surface area (TPSA) is 46.3 Å². The summed E-state index contributed by atoms with van der Waals surface area (Å²) in [5, 5.41) is 0. The van der Waals surface area contributed by atoms with E-state index in [0.717, 1.165) is 63.7 Å². The summed E-state index contributed by atoms with van der Waals surface area (Å²) in [7, 11) is 0. The van der Waals surface area contributed by atoms with Crippen LogP contribution < -0.4 is 5.73 Å². The number of nitrogens with two attached hydrogens (primary N) is 1. The third-order valence-corrected chi connectivity index (χ3v) is 4.42. The van der Waals surface area contributed by atoms with Crippen LogP contribution in [0.2, 0.25) is 0 Å². The lowest BCUT2D eigenvalue weighted by Crippen LogP contribution is -2.28. The van der Waals surface area contributed by atoms with Gasteiger partial charge in [-0.25, -0.2) is 4.39 Å². The third-order valence-electron chi connectivity index (χ3n) is 4.42. The Hall–Kier alpha value is -1.42. The Bertz CT molecular complexity index is 461. The van der Waals surface area contributed by atoms with Crippen LogP contribution in [0.15, 0.2) is 24.3 Å². The summed E-state index contributed by atoms with van der Waals surface area (Å²) in [6.07, 6.45) is 6.88. The molecule has 0 saturated carbocycles. The van der Waals surface area contributed by atoms with Crippen molar-refractivity contribution >= 4 is 5.91 Å². The molecule has 1 fully saturated rings. The van der Waals surface area contributed by atoms with Crippen molar-refractivity contribution < 1.29 is 9.18 Å². The smallest absolute Gasteiger partial charge is 0.222 e. The van der Waals surface area contributed by atoms with Gasteiger partial charge in [0.05, 0.1) is 0 Å². The Morgan fingerprint density at radius 2 is 1.91 bits per heavy atom. The number of likely N-dealkylation sites (tertiary alicyclic amines) is 1. The number of halogens is 1.